The quantitative estimate of drug-likeness (QED) is 0.779. The molecule has 26 heavy (non-hydrogen) atoms. The molecule has 2 rings (SSSR count). The molecule has 0 unspecified atom stereocenters. The van der Waals surface area contributed by atoms with Gasteiger partial charge in [0.2, 0.25) is 10.0 Å². The second-order valence-electron chi connectivity index (χ2n) is 5.57. The van der Waals surface area contributed by atoms with Gasteiger partial charge in [-0.05, 0) is 19.1 Å². The highest BCUT2D eigenvalue weighted by atomic mass is 35.5. The van der Waals surface area contributed by atoms with E-state index < -0.39 is 15.9 Å². The number of aryl methyl sites for hydroxylation is 1. The van der Waals surface area contributed by atoms with Crippen LogP contribution in [0, 0.1) is 6.92 Å². The SMILES string of the molecule is CCN(CC)S(=O)(=O)c1cc(C(=O)Nc2cnn(C)c2C)c(Cl)cc1Cl. The van der Waals surface area contributed by atoms with E-state index in [-0.39, 0.29) is 33.6 Å². The van der Waals surface area contributed by atoms with E-state index in [0.29, 0.717) is 5.69 Å². The van der Waals surface area contributed by atoms with Gasteiger partial charge in [-0.15, -0.1) is 0 Å². The van der Waals surface area contributed by atoms with E-state index >= 15 is 0 Å². The topological polar surface area (TPSA) is 84.3 Å². The number of benzene rings is 1. The largest absolute Gasteiger partial charge is 0.319 e. The van der Waals surface area contributed by atoms with Crippen molar-refractivity contribution in [3.63, 3.8) is 0 Å². The van der Waals surface area contributed by atoms with E-state index in [1.54, 1.807) is 32.5 Å². The fraction of sp³-hybridized carbons (Fsp3) is 0.375. The van der Waals surface area contributed by atoms with Gasteiger partial charge in [0.25, 0.3) is 5.91 Å². The molecule has 10 heteroatoms. The van der Waals surface area contributed by atoms with Crippen molar-refractivity contribution in [2.24, 2.45) is 7.05 Å². The van der Waals surface area contributed by atoms with Gasteiger partial charge < -0.3 is 5.32 Å². The van der Waals surface area contributed by atoms with Gasteiger partial charge in [-0.3, -0.25) is 9.48 Å². The van der Waals surface area contributed by atoms with Crippen molar-refractivity contribution >= 4 is 44.8 Å². The molecule has 0 atom stereocenters. The van der Waals surface area contributed by atoms with Crippen LogP contribution in [-0.2, 0) is 17.1 Å². The monoisotopic (exact) mass is 418 g/mol. The van der Waals surface area contributed by atoms with E-state index in [4.69, 9.17) is 23.2 Å². The number of carbonyl (C=O) groups excluding carboxylic acids is 1. The molecular formula is C16H20Cl2N4O3S. The molecule has 0 radical (unpaired) electrons. The third-order valence-electron chi connectivity index (χ3n) is 4.07. The summed E-state index contributed by atoms with van der Waals surface area (Å²) in [7, 11) is -2.09. The third-order valence-corrected chi connectivity index (χ3v) is 6.90. The van der Waals surface area contributed by atoms with Crippen molar-refractivity contribution in [3.05, 3.63) is 39.6 Å². The van der Waals surface area contributed by atoms with Gasteiger partial charge in [0.15, 0.2) is 0 Å². The van der Waals surface area contributed by atoms with Crippen LogP contribution in [0.4, 0.5) is 5.69 Å². The number of aromatic nitrogens is 2. The Hall–Kier alpha value is -1.61. The van der Waals surface area contributed by atoms with Gasteiger partial charge in [-0.25, -0.2) is 8.42 Å². The fourth-order valence-corrected chi connectivity index (χ4v) is 4.71. The second kappa shape index (κ2) is 7.96. The number of hydrogen-bond acceptors (Lipinski definition) is 4. The molecule has 7 nitrogen and oxygen atoms in total. The van der Waals surface area contributed by atoms with Crippen LogP contribution in [0.15, 0.2) is 23.2 Å². The molecule has 0 aliphatic heterocycles. The van der Waals surface area contributed by atoms with Crippen molar-refractivity contribution in [1.29, 1.82) is 0 Å². The maximum atomic E-state index is 12.8. The summed E-state index contributed by atoms with van der Waals surface area (Å²) >= 11 is 12.2. The lowest BCUT2D eigenvalue weighted by Crippen LogP contribution is -2.31. The van der Waals surface area contributed by atoms with Crippen LogP contribution < -0.4 is 5.32 Å². The summed E-state index contributed by atoms with van der Waals surface area (Å²) in [6.07, 6.45) is 1.50. The average Bonchev–Trinajstić information content (AvgIpc) is 2.87. The third kappa shape index (κ3) is 3.88. The lowest BCUT2D eigenvalue weighted by molar-refractivity contribution is 0.102. The zero-order valence-electron chi connectivity index (χ0n) is 14.9. The predicted molar refractivity (Wildman–Crippen MR) is 102 cm³/mol. The summed E-state index contributed by atoms with van der Waals surface area (Å²) in [4.78, 5) is 12.5. The maximum absolute atomic E-state index is 12.8. The van der Waals surface area contributed by atoms with E-state index in [9.17, 15) is 13.2 Å². The van der Waals surface area contributed by atoms with E-state index in [1.165, 1.54) is 22.6 Å². The Morgan fingerprint density at radius 2 is 1.85 bits per heavy atom. The number of rotatable bonds is 6. The number of nitrogens with one attached hydrogen (secondary N) is 1. The summed E-state index contributed by atoms with van der Waals surface area (Å²) in [5, 5.41) is 6.76. The Morgan fingerprint density at radius 3 is 2.35 bits per heavy atom. The van der Waals surface area contributed by atoms with Crippen LogP contribution in [0.5, 0.6) is 0 Å². The number of hydrogen-bond donors (Lipinski definition) is 1. The molecule has 1 heterocycles. The predicted octanol–water partition coefficient (Wildman–Crippen LogP) is 3.32. The average molecular weight is 419 g/mol. The van der Waals surface area contributed by atoms with Crippen molar-refractivity contribution in [3.8, 4) is 0 Å². The van der Waals surface area contributed by atoms with E-state index in [0.717, 1.165) is 5.69 Å². The van der Waals surface area contributed by atoms with Crippen molar-refractivity contribution in [2.75, 3.05) is 18.4 Å². The smallest absolute Gasteiger partial charge is 0.257 e. The minimum Gasteiger partial charge on any atom is -0.319 e. The zero-order chi connectivity index (χ0) is 19.6. The van der Waals surface area contributed by atoms with Crippen LogP contribution in [0.3, 0.4) is 0 Å². The summed E-state index contributed by atoms with van der Waals surface area (Å²) < 4.78 is 28.4. The normalized spacial score (nSPS) is 11.8. The summed E-state index contributed by atoms with van der Waals surface area (Å²) in [5.74, 6) is -0.543. The Labute approximate surface area is 162 Å². The molecule has 1 amide bonds. The fourth-order valence-electron chi connectivity index (χ4n) is 2.41. The number of sulfonamides is 1. The number of halogens is 2. The molecule has 0 aliphatic rings. The Balaban J connectivity index is 2.47. The van der Waals surface area contributed by atoms with E-state index in [1.807, 2.05) is 0 Å². The molecular weight excluding hydrogens is 399 g/mol. The van der Waals surface area contributed by atoms with Gasteiger partial charge in [0.05, 0.1) is 33.2 Å². The lowest BCUT2D eigenvalue weighted by Gasteiger charge is -2.20. The van der Waals surface area contributed by atoms with Crippen molar-refractivity contribution < 1.29 is 13.2 Å². The molecule has 1 aromatic heterocycles. The zero-order valence-corrected chi connectivity index (χ0v) is 17.2. The molecule has 1 aromatic carbocycles. The first kappa shape index (κ1) is 20.7. The number of amides is 1. The van der Waals surface area contributed by atoms with Crippen LogP contribution in [0.25, 0.3) is 0 Å². The van der Waals surface area contributed by atoms with Crippen molar-refractivity contribution in [1.82, 2.24) is 14.1 Å². The molecule has 0 spiro atoms. The van der Waals surface area contributed by atoms with Crippen LogP contribution >= 0.6 is 23.2 Å². The highest BCUT2D eigenvalue weighted by molar-refractivity contribution is 7.89. The minimum absolute atomic E-state index is 0.0186. The molecule has 0 saturated heterocycles. The Morgan fingerprint density at radius 1 is 1.23 bits per heavy atom. The van der Waals surface area contributed by atoms with Gasteiger partial charge in [-0.2, -0.15) is 9.40 Å². The highest BCUT2D eigenvalue weighted by Gasteiger charge is 2.27. The highest BCUT2D eigenvalue weighted by Crippen LogP contribution is 2.31. The molecule has 0 aliphatic carbocycles. The van der Waals surface area contributed by atoms with E-state index in [2.05, 4.69) is 10.4 Å². The maximum Gasteiger partial charge on any atom is 0.257 e. The van der Waals surface area contributed by atoms with Gasteiger partial charge in [0, 0.05) is 20.1 Å². The van der Waals surface area contributed by atoms with Gasteiger partial charge in [0.1, 0.15) is 4.90 Å². The number of carbonyl (C=O) groups is 1. The Kier molecular flexibility index (Phi) is 6.33. The Bertz CT molecular complexity index is 937. The van der Waals surface area contributed by atoms with Crippen LogP contribution in [0.2, 0.25) is 10.0 Å². The molecule has 0 fully saturated rings. The number of nitrogens with zero attached hydrogens (tertiary/aromatic N) is 3. The van der Waals surface area contributed by atoms with Crippen molar-refractivity contribution in [2.45, 2.75) is 25.7 Å². The summed E-state index contributed by atoms with van der Waals surface area (Å²) in [6, 6.07) is 2.48. The minimum atomic E-state index is -3.84. The lowest BCUT2D eigenvalue weighted by atomic mass is 10.2. The molecule has 1 N–H and O–H groups in total. The molecule has 2 aromatic rings. The number of anilines is 1. The first-order chi connectivity index (χ1) is 12.1. The second-order valence-corrected chi connectivity index (χ2v) is 8.29. The summed E-state index contributed by atoms with van der Waals surface area (Å²) in [5.41, 5.74) is 1.28. The van der Waals surface area contributed by atoms with Gasteiger partial charge in [-0.1, -0.05) is 37.0 Å². The molecule has 142 valence electrons. The first-order valence-electron chi connectivity index (χ1n) is 7.92. The van der Waals surface area contributed by atoms with Crippen LogP contribution in [-0.4, -0.2) is 41.5 Å². The standard InChI is InChI=1S/C16H20Cl2N4O3S/c1-5-22(6-2)26(24,25)15-7-11(12(17)8-13(15)18)16(23)20-14-9-19-21(4)10(14)3/h7-9H,5-6H2,1-4H3,(H,20,23). The molecule has 0 saturated carbocycles. The van der Waals surface area contributed by atoms with Crippen LogP contribution in [0.1, 0.15) is 29.9 Å². The summed E-state index contributed by atoms with van der Waals surface area (Å²) in [6.45, 7) is 5.82. The molecule has 0 bridgehead atoms. The first-order valence-corrected chi connectivity index (χ1v) is 10.1. The van der Waals surface area contributed by atoms with Gasteiger partial charge >= 0.3 is 0 Å².